The van der Waals surface area contributed by atoms with E-state index in [1.54, 1.807) is 0 Å². The SMILES string of the molecule is CCCN(CCC)c1ccc(N/C(=C/C=C(\C)c2ccc(C)nc2)C2=NC=CC2)cc1. The molecule has 0 bridgehead atoms. The summed E-state index contributed by atoms with van der Waals surface area (Å²) in [5, 5.41) is 3.58. The van der Waals surface area contributed by atoms with Gasteiger partial charge in [-0.2, -0.15) is 0 Å². The molecule has 4 nitrogen and oxygen atoms in total. The van der Waals surface area contributed by atoms with Crippen LogP contribution in [-0.2, 0) is 0 Å². The van der Waals surface area contributed by atoms with Crippen LogP contribution in [0.2, 0.25) is 0 Å². The standard InChI is InChI=1S/C27H34N4/c1-5-18-31(19-6-2)25-14-12-24(13-15-25)30-27(26-8-7-17-28-26)16-9-21(3)23-11-10-22(4)29-20-23/h7,9-17,20,30H,5-6,8,18-19H2,1-4H3/b21-9+,27-16+. The Bertz CT molecular complexity index is 957. The van der Waals surface area contributed by atoms with Crippen LogP contribution in [0.15, 0.2) is 77.7 Å². The summed E-state index contributed by atoms with van der Waals surface area (Å²) in [7, 11) is 0. The number of anilines is 2. The zero-order valence-electron chi connectivity index (χ0n) is 19.2. The molecule has 1 aromatic carbocycles. The topological polar surface area (TPSA) is 40.5 Å². The third kappa shape index (κ3) is 6.42. The van der Waals surface area contributed by atoms with Gasteiger partial charge < -0.3 is 10.2 Å². The maximum absolute atomic E-state index is 4.54. The zero-order valence-corrected chi connectivity index (χ0v) is 19.2. The first-order chi connectivity index (χ1) is 15.1. The highest BCUT2D eigenvalue weighted by atomic mass is 15.1. The Kier molecular flexibility index (Phi) is 8.22. The monoisotopic (exact) mass is 414 g/mol. The summed E-state index contributed by atoms with van der Waals surface area (Å²) < 4.78 is 0. The molecule has 0 aliphatic carbocycles. The van der Waals surface area contributed by atoms with Crippen molar-refractivity contribution in [2.24, 2.45) is 4.99 Å². The van der Waals surface area contributed by atoms with Crippen LogP contribution >= 0.6 is 0 Å². The summed E-state index contributed by atoms with van der Waals surface area (Å²) in [6.07, 6.45) is 13.3. The van der Waals surface area contributed by atoms with Crippen molar-refractivity contribution >= 4 is 22.7 Å². The van der Waals surface area contributed by atoms with Gasteiger partial charge in [0, 0.05) is 49.0 Å². The van der Waals surface area contributed by atoms with Crippen molar-refractivity contribution in [3.05, 3.63) is 84.0 Å². The summed E-state index contributed by atoms with van der Waals surface area (Å²) >= 11 is 0. The van der Waals surface area contributed by atoms with Crippen LogP contribution in [0.3, 0.4) is 0 Å². The van der Waals surface area contributed by atoms with E-state index in [1.807, 2.05) is 25.4 Å². The number of benzene rings is 1. The molecule has 1 aliphatic heterocycles. The quantitative estimate of drug-likeness (QED) is 0.436. The van der Waals surface area contributed by atoms with Gasteiger partial charge in [-0.25, -0.2) is 0 Å². The maximum atomic E-state index is 4.54. The molecule has 0 saturated carbocycles. The Labute approximate surface area is 187 Å². The van der Waals surface area contributed by atoms with Gasteiger partial charge >= 0.3 is 0 Å². The number of aryl methyl sites for hydroxylation is 1. The molecule has 1 aliphatic rings. The van der Waals surface area contributed by atoms with Crippen molar-refractivity contribution in [3.8, 4) is 0 Å². The Morgan fingerprint density at radius 2 is 1.77 bits per heavy atom. The highest BCUT2D eigenvalue weighted by Gasteiger charge is 2.10. The second-order valence-electron chi connectivity index (χ2n) is 7.94. The van der Waals surface area contributed by atoms with Crippen LogP contribution in [0.1, 0.15) is 51.3 Å². The molecule has 0 amide bonds. The van der Waals surface area contributed by atoms with Crippen LogP contribution < -0.4 is 10.2 Å². The average molecular weight is 415 g/mol. The smallest absolute Gasteiger partial charge is 0.0676 e. The Morgan fingerprint density at radius 3 is 2.35 bits per heavy atom. The number of pyridine rings is 1. The number of aliphatic imine (C=N–C) groups is 1. The van der Waals surface area contributed by atoms with Crippen molar-refractivity contribution in [2.75, 3.05) is 23.3 Å². The van der Waals surface area contributed by atoms with Crippen LogP contribution in [-0.4, -0.2) is 23.8 Å². The van der Waals surface area contributed by atoms with E-state index in [2.05, 4.69) is 89.5 Å². The van der Waals surface area contributed by atoms with E-state index in [-0.39, 0.29) is 0 Å². The number of hydrogen-bond acceptors (Lipinski definition) is 4. The van der Waals surface area contributed by atoms with E-state index in [1.165, 1.54) is 11.3 Å². The fourth-order valence-corrected chi connectivity index (χ4v) is 3.58. The minimum Gasteiger partial charge on any atom is -0.372 e. The van der Waals surface area contributed by atoms with Gasteiger partial charge in [0.15, 0.2) is 0 Å². The third-order valence-corrected chi connectivity index (χ3v) is 5.32. The van der Waals surface area contributed by atoms with Gasteiger partial charge in [0.25, 0.3) is 0 Å². The van der Waals surface area contributed by atoms with E-state index in [4.69, 9.17) is 0 Å². The number of hydrogen-bond donors (Lipinski definition) is 1. The van der Waals surface area contributed by atoms with Crippen molar-refractivity contribution in [1.29, 1.82) is 0 Å². The predicted molar refractivity (Wildman–Crippen MR) is 135 cm³/mol. The molecule has 0 spiro atoms. The summed E-state index contributed by atoms with van der Waals surface area (Å²) in [6.45, 7) is 10.8. The Morgan fingerprint density at radius 1 is 1.03 bits per heavy atom. The average Bonchev–Trinajstić information content (AvgIpc) is 3.32. The molecule has 3 rings (SSSR count). The lowest BCUT2D eigenvalue weighted by atomic mass is 10.1. The lowest BCUT2D eigenvalue weighted by Crippen LogP contribution is -2.24. The lowest BCUT2D eigenvalue weighted by molar-refractivity contribution is 0.745. The first-order valence-corrected chi connectivity index (χ1v) is 11.3. The molecular weight excluding hydrogens is 380 g/mol. The van der Waals surface area contributed by atoms with E-state index in [9.17, 15) is 0 Å². The normalized spacial score (nSPS) is 14.0. The second-order valence-corrected chi connectivity index (χ2v) is 7.94. The number of rotatable bonds is 10. The number of nitrogens with one attached hydrogen (secondary N) is 1. The van der Waals surface area contributed by atoms with Gasteiger partial charge in [0.2, 0.25) is 0 Å². The van der Waals surface area contributed by atoms with Crippen LogP contribution in [0, 0.1) is 6.92 Å². The molecule has 0 fully saturated rings. The molecule has 2 aromatic rings. The molecular formula is C27H34N4. The molecule has 0 radical (unpaired) electrons. The maximum Gasteiger partial charge on any atom is 0.0676 e. The molecule has 0 atom stereocenters. The molecule has 2 heterocycles. The lowest BCUT2D eigenvalue weighted by Gasteiger charge is -2.24. The minimum absolute atomic E-state index is 0.844. The fourth-order valence-electron chi connectivity index (χ4n) is 3.58. The highest BCUT2D eigenvalue weighted by molar-refractivity contribution is 6.05. The van der Waals surface area contributed by atoms with Gasteiger partial charge in [-0.05, 0) is 74.2 Å². The molecule has 1 N–H and O–H groups in total. The van der Waals surface area contributed by atoms with Crippen molar-refractivity contribution in [3.63, 3.8) is 0 Å². The van der Waals surface area contributed by atoms with Crippen molar-refractivity contribution in [1.82, 2.24) is 4.98 Å². The summed E-state index contributed by atoms with van der Waals surface area (Å²) in [4.78, 5) is 11.4. The zero-order chi connectivity index (χ0) is 22.1. The van der Waals surface area contributed by atoms with Crippen LogP contribution in [0.25, 0.3) is 5.57 Å². The largest absolute Gasteiger partial charge is 0.372 e. The summed E-state index contributed by atoms with van der Waals surface area (Å²) in [5.41, 5.74) is 7.75. The number of nitrogens with zero attached hydrogens (tertiary/aromatic N) is 3. The van der Waals surface area contributed by atoms with Crippen molar-refractivity contribution < 1.29 is 0 Å². The molecule has 162 valence electrons. The van der Waals surface area contributed by atoms with E-state index in [0.29, 0.717) is 0 Å². The molecule has 0 unspecified atom stereocenters. The molecule has 0 saturated heterocycles. The predicted octanol–water partition coefficient (Wildman–Crippen LogP) is 6.77. The Balaban J connectivity index is 1.79. The van der Waals surface area contributed by atoms with Crippen LogP contribution in [0.4, 0.5) is 11.4 Å². The van der Waals surface area contributed by atoms with Gasteiger partial charge in [-0.3, -0.25) is 9.98 Å². The van der Waals surface area contributed by atoms with Gasteiger partial charge in [-0.15, -0.1) is 0 Å². The summed E-state index contributed by atoms with van der Waals surface area (Å²) in [5.74, 6) is 0. The van der Waals surface area contributed by atoms with Crippen molar-refractivity contribution in [2.45, 2.75) is 47.0 Å². The Hall–Kier alpha value is -3.14. The van der Waals surface area contributed by atoms with E-state index >= 15 is 0 Å². The molecule has 1 aromatic heterocycles. The summed E-state index contributed by atoms with van der Waals surface area (Å²) in [6, 6.07) is 12.9. The third-order valence-electron chi connectivity index (χ3n) is 5.32. The fraction of sp³-hybridized carbons (Fsp3) is 0.333. The van der Waals surface area contributed by atoms with Gasteiger partial charge in [0.1, 0.15) is 0 Å². The molecule has 31 heavy (non-hydrogen) atoms. The number of aromatic nitrogens is 1. The van der Waals surface area contributed by atoms with E-state index < -0.39 is 0 Å². The van der Waals surface area contributed by atoms with Gasteiger partial charge in [0.05, 0.1) is 11.4 Å². The van der Waals surface area contributed by atoms with Crippen LogP contribution in [0.5, 0.6) is 0 Å². The highest BCUT2D eigenvalue weighted by Crippen LogP contribution is 2.22. The first kappa shape index (κ1) is 22.5. The van der Waals surface area contributed by atoms with E-state index in [0.717, 1.165) is 60.7 Å². The number of allylic oxidation sites excluding steroid dienone is 5. The minimum atomic E-state index is 0.844. The van der Waals surface area contributed by atoms with Gasteiger partial charge in [-0.1, -0.05) is 32.1 Å². The molecule has 4 heteroatoms. The second kappa shape index (κ2) is 11.3. The first-order valence-electron chi connectivity index (χ1n) is 11.3.